The van der Waals surface area contributed by atoms with Crippen LogP contribution in [0.1, 0.15) is 5.76 Å². The van der Waals surface area contributed by atoms with Crippen LogP contribution in [0.3, 0.4) is 0 Å². The van der Waals surface area contributed by atoms with Gasteiger partial charge in [0.15, 0.2) is 0 Å². The van der Waals surface area contributed by atoms with Crippen LogP contribution in [0.5, 0.6) is 0 Å². The van der Waals surface area contributed by atoms with Crippen LogP contribution >= 0.6 is 0 Å². The van der Waals surface area contributed by atoms with Gasteiger partial charge < -0.3 is 9.73 Å². The Labute approximate surface area is 89.1 Å². The molecule has 5 nitrogen and oxygen atoms in total. The molecule has 1 aliphatic rings. The minimum atomic E-state index is -3.13. The molecule has 1 aromatic heterocycles. The van der Waals surface area contributed by atoms with Crippen LogP contribution in [0.4, 0.5) is 0 Å². The van der Waals surface area contributed by atoms with Gasteiger partial charge in [0.2, 0.25) is 10.0 Å². The standard InChI is InChI=1S/C9H14N2O3S/c12-15(13)7-4-10-3-5-11(15)8-9-2-1-6-14-9/h1-2,6,10H,3-5,7-8H2. The van der Waals surface area contributed by atoms with Crippen LogP contribution in [0, 0.1) is 0 Å². The summed E-state index contributed by atoms with van der Waals surface area (Å²) in [7, 11) is -3.13. The Morgan fingerprint density at radius 1 is 1.47 bits per heavy atom. The fourth-order valence-corrected chi connectivity index (χ4v) is 2.91. The maximum Gasteiger partial charge on any atom is 0.215 e. The molecule has 6 heteroatoms. The van der Waals surface area contributed by atoms with Gasteiger partial charge in [-0.05, 0) is 12.1 Å². The molecule has 0 atom stereocenters. The molecule has 1 N–H and O–H groups in total. The highest BCUT2D eigenvalue weighted by Gasteiger charge is 2.24. The Bertz CT molecular complexity index is 399. The number of sulfonamides is 1. The second-order valence-electron chi connectivity index (χ2n) is 3.48. The number of hydrogen-bond acceptors (Lipinski definition) is 4. The van der Waals surface area contributed by atoms with E-state index in [2.05, 4.69) is 5.32 Å². The van der Waals surface area contributed by atoms with E-state index in [9.17, 15) is 8.42 Å². The SMILES string of the molecule is O=S1(=O)CCNCCN1Cc1ccco1. The van der Waals surface area contributed by atoms with E-state index >= 15 is 0 Å². The molecule has 84 valence electrons. The summed E-state index contributed by atoms with van der Waals surface area (Å²) in [5, 5.41) is 3.06. The molecule has 1 fully saturated rings. The molecule has 0 aromatic carbocycles. The summed E-state index contributed by atoms with van der Waals surface area (Å²) in [5.41, 5.74) is 0. The van der Waals surface area contributed by atoms with Crippen LogP contribution in [0.25, 0.3) is 0 Å². The predicted octanol–water partition coefficient (Wildman–Crippen LogP) is 0.0146. The average Bonchev–Trinajstić information content (AvgIpc) is 2.62. The Morgan fingerprint density at radius 2 is 2.33 bits per heavy atom. The molecule has 15 heavy (non-hydrogen) atoms. The maximum absolute atomic E-state index is 11.8. The van der Waals surface area contributed by atoms with Gasteiger partial charge in [0.25, 0.3) is 0 Å². The molecule has 0 unspecified atom stereocenters. The lowest BCUT2D eigenvalue weighted by Gasteiger charge is -2.17. The Hall–Kier alpha value is -0.850. The van der Waals surface area contributed by atoms with Crippen molar-refractivity contribution in [2.75, 3.05) is 25.4 Å². The summed E-state index contributed by atoms with van der Waals surface area (Å²) in [6.45, 7) is 2.05. The van der Waals surface area contributed by atoms with E-state index in [4.69, 9.17) is 4.42 Å². The van der Waals surface area contributed by atoms with Crippen molar-refractivity contribution in [2.45, 2.75) is 6.54 Å². The molecule has 1 aliphatic heterocycles. The van der Waals surface area contributed by atoms with Crippen LogP contribution in [0.2, 0.25) is 0 Å². The monoisotopic (exact) mass is 230 g/mol. The fraction of sp³-hybridized carbons (Fsp3) is 0.556. The Morgan fingerprint density at radius 3 is 3.07 bits per heavy atom. The Balaban J connectivity index is 2.12. The molecule has 0 radical (unpaired) electrons. The molecule has 0 bridgehead atoms. The van der Waals surface area contributed by atoms with Crippen molar-refractivity contribution in [2.24, 2.45) is 0 Å². The maximum atomic E-state index is 11.8. The quantitative estimate of drug-likeness (QED) is 0.777. The van der Waals surface area contributed by atoms with Gasteiger partial charge in [-0.2, -0.15) is 4.31 Å². The van der Waals surface area contributed by atoms with Crippen LogP contribution in [0.15, 0.2) is 22.8 Å². The van der Waals surface area contributed by atoms with Crippen molar-refractivity contribution >= 4 is 10.0 Å². The molecule has 1 aromatic rings. The zero-order valence-electron chi connectivity index (χ0n) is 8.35. The highest BCUT2D eigenvalue weighted by Crippen LogP contribution is 2.11. The van der Waals surface area contributed by atoms with E-state index in [1.54, 1.807) is 18.4 Å². The molecule has 0 amide bonds. The minimum Gasteiger partial charge on any atom is -0.468 e. The zero-order valence-corrected chi connectivity index (χ0v) is 9.16. The van der Waals surface area contributed by atoms with Crippen molar-refractivity contribution < 1.29 is 12.8 Å². The van der Waals surface area contributed by atoms with Gasteiger partial charge in [-0.15, -0.1) is 0 Å². The first-order valence-electron chi connectivity index (χ1n) is 4.89. The van der Waals surface area contributed by atoms with E-state index < -0.39 is 10.0 Å². The molecular formula is C9H14N2O3S. The molecule has 0 aliphatic carbocycles. The number of nitrogens with zero attached hydrogens (tertiary/aromatic N) is 1. The number of rotatable bonds is 2. The first kappa shape index (κ1) is 10.7. The van der Waals surface area contributed by atoms with Crippen molar-refractivity contribution in [1.82, 2.24) is 9.62 Å². The zero-order chi connectivity index (χ0) is 10.7. The number of nitrogens with one attached hydrogen (secondary N) is 1. The molecule has 0 spiro atoms. The average molecular weight is 230 g/mol. The van der Waals surface area contributed by atoms with E-state index in [-0.39, 0.29) is 5.75 Å². The summed E-state index contributed by atoms with van der Waals surface area (Å²) in [4.78, 5) is 0. The van der Waals surface area contributed by atoms with Crippen molar-refractivity contribution in [1.29, 1.82) is 0 Å². The van der Waals surface area contributed by atoms with Crippen LogP contribution < -0.4 is 5.32 Å². The molecule has 1 saturated heterocycles. The van der Waals surface area contributed by atoms with E-state index in [1.807, 2.05) is 0 Å². The Kier molecular flexibility index (Phi) is 3.08. The lowest BCUT2D eigenvalue weighted by molar-refractivity contribution is 0.370. The van der Waals surface area contributed by atoms with E-state index in [1.165, 1.54) is 4.31 Å². The largest absolute Gasteiger partial charge is 0.468 e. The minimum absolute atomic E-state index is 0.160. The summed E-state index contributed by atoms with van der Waals surface area (Å²) >= 11 is 0. The third kappa shape index (κ3) is 2.58. The summed E-state index contributed by atoms with van der Waals surface area (Å²) in [5.74, 6) is 0.841. The molecule has 0 saturated carbocycles. The lowest BCUT2D eigenvalue weighted by atomic mass is 10.4. The predicted molar refractivity (Wildman–Crippen MR) is 55.8 cm³/mol. The van der Waals surface area contributed by atoms with Gasteiger partial charge in [-0.3, -0.25) is 0 Å². The van der Waals surface area contributed by atoms with Crippen molar-refractivity contribution in [3.05, 3.63) is 24.2 Å². The first-order valence-corrected chi connectivity index (χ1v) is 6.50. The van der Waals surface area contributed by atoms with Crippen molar-refractivity contribution in [3.63, 3.8) is 0 Å². The van der Waals surface area contributed by atoms with Gasteiger partial charge >= 0.3 is 0 Å². The third-order valence-electron chi connectivity index (χ3n) is 2.38. The van der Waals surface area contributed by atoms with Gasteiger partial charge in [0.05, 0.1) is 18.6 Å². The topological polar surface area (TPSA) is 62.6 Å². The lowest BCUT2D eigenvalue weighted by Crippen LogP contribution is -2.33. The smallest absolute Gasteiger partial charge is 0.215 e. The fourth-order valence-electron chi connectivity index (χ4n) is 1.55. The second kappa shape index (κ2) is 4.34. The summed E-state index contributed by atoms with van der Waals surface area (Å²) in [6, 6.07) is 3.55. The van der Waals surface area contributed by atoms with Crippen LogP contribution in [-0.2, 0) is 16.6 Å². The van der Waals surface area contributed by atoms with Gasteiger partial charge in [0, 0.05) is 19.6 Å². The first-order chi connectivity index (χ1) is 7.18. The van der Waals surface area contributed by atoms with Crippen molar-refractivity contribution in [3.8, 4) is 0 Å². The summed E-state index contributed by atoms with van der Waals surface area (Å²) in [6.07, 6.45) is 1.55. The number of furan rings is 1. The van der Waals surface area contributed by atoms with E-state index in [0.717, 1.165) is 0 Å². The highest BCUT2D eigenvalue weighted by atomic mass is 32.2. The van der Waals surface area contributed by atoms with E-state index in [0.29, 0.717) is 31.9 Å². The molecule has 2 rings (SSSR count). The van der Waals surface area contributed by atoms with Crippen LogP contribution in [-0.4, -0.2) is 38.1 Å². The molecule has 2 heterocycles. The normalized spacial score (nSPS) is 22.4. The van der Waals surface area contributed by atoms with Gasteiger partial charge in [0.1, 0.15) is 5.76 Å². The highest BCUT2D eigenvalue weighted by molar-refractivity contribution is 7.89. The summed E-state index contributed by atoms with van der Waals surface area (Å²) < 4.78 is 30.2. The number of hydrogen-bond donors (Lipinski definition) is 1. The molecular weight excluding hydrogens is 216 g/mol. The third-order valence-corrected chi connectivity index (χ3v) is 4.20. The van der Waals surface area contributed by atoms with Gasteiger partial charge in [-0.1, -0.05) is 0 Å². The second-order valence-corrected chi connectivity index (χ2v) is 5.57. The van der Waals surface area contributed by atoms with Gasteiger partial charge in [-0.25, -0.2) is 8.42 Å².